The predicted molar refractivity (Wildman–Crippen MR) is 67.6 cm³/mol. The zero-order valence-corrected chi connectivity index (χ0v) is 10.6. The van der Waals surface area contributed by atoms with Crippen LogP contribution in [0.2, 0.25) is 0 Å². The number of hydrogen-bond acceptors (Lipinski definition) is 5. The van der Waals surface area contributed by atoms with E-state index in [0.717, 1.165) is 25.9 Å². The first-order valence-electron chi connectivity index (χ1n) is 6.27. The van der Waals surface area contributed by atoms with E-state index in [4.69, 9.17) is 9.47 Å². The normalized spacial score (nSPS) is 19.7. The molecule has 0 radical (unpaired) electrons. The Balaban J connectivity index is 1.80. The number of aromatic nitrogens is 2. The van der Waals surface area contributed by atoms with Crippen LogP contribution >= 0.6 is 0 Å². The first-order chi connectivity index (χ1) is 8.79. The van der Waals surface area contributed by atoms with Crippen LogP contribution in [0, 0.1) is 0 Å². The minimum absolute atomic E-state index is 0.0810. The van der Waals surface area contributed by atoms with Crippen molar-refractivity contribution in [2.24, 2.45) is 0 Å². The zero-order valence-electron chi connectivity index (χ0n) is 10.6. The van der Waals surface area contributed by atoms with Gasteiger partial charge in [-0.15, -0.1) is 0 Å². The van der Waals surface area contributed by atoms with Crippen molar-refractivity contribution in [1.29, 1.82) is 0 Å². The third-order valence-corrected chi connectivity index (χ3v) is 2.91. The number of rotatable bonds is 5. The molecule has 0 spiro atoms. The van der Waals surface area contributed by atoms with Gasteiger partial charge in [0.15, 0.2) is 6.29 Å². The average molecular weight is 253 g/mol. The minimum atomic E-state index is -0.112. The molecule has 1 aromatic heterocycles. The molecule has 0 aliphatic carbocycles. The Kier molecular flexibility index (Phi) is 4.72. The molecule has 2 heterocycles. The summed E-state index contributed by atoms with van der Waals surface area (Å²) in [4.78, 5) is 15.8. The summed E-state index contributed by atoms with van der Waals surface area (Å²) in [5.74, 6) is 0.577. The monoisotopic (exact) mass is 253 g/mol. The van der Waals surface area contributed by atoms with E-state index in [2.05, 4.69) is 10.3 Å². The summed E-state index contributed by atoms with van der Waals surface area (Å²) >= 11 is 0. The van der Waals surface area contributed by atoms with Crippen LogP contribution in [0.3, 0.4) is 0 Å². The fourth-order valence-corrected chi connectivity index (χ4v) is 1.86. The highest BCUT2D eigenvalue weighted by molar-refractivity contribution is 5.30. The SMILES string of the molecule is CNc1cc(=O)n(CCOC2CCCCO2)cn1. The second-order valence-electron chi connectivity index (χ2n) is 4.22. The van der Waals surface area contributed by atoms with Gasteiger partial charge in [0.1, 0.15) is 5.82 Å². The summed E-state index contributed by atoms with van der Waals surface area (Å²) in [5.41, 5.74) is -0.0810. The van der Waals surface area contributed by atoms with Crippen molar-refractivity contribution in [3.8, 4) is 0 Å². The number of hydrogen-bond donors (Lipinski definition) is 1. The van der Waals surface area contributed by atoms with Crippen LogP contribution in [0.25, 0.3) is 0 Å². The van der Waals surface area contributed by atoms with Crippen LogP contribution in [0.15, 0.2) is 17.2 Å². The lowest BCUT2D eigenvalue weighted by Crippen LogP contribution is -2.27. The van der Waals surface area contributed by atoms with Crippen molar-refractivity contribution in [2.45, 2.75) is 32.1 Å². The van der Waals surface area contributed by atoms with Crippen molar-refractivity contribution in [3.63, 3.8) is 0 Å². The lowest BCUT2D eigenvalue weighted by Gasteiger charge is -2.22. The molecule has 1 aliphatic rings. The topological polar surface area (TPSA) is 65.4 Å². The van der Waals surface area contributed by atoms with Gasteiger partial charge in [-0.2, -0.15) is 0 Å². The molecular weight excluding hydrogens is 234 g/mol. The highest BCUT2D eigenvalue weighted by Crippen LogP contribution is 2.13. The van der Waals surface area contributed by atoms with Crippen molar-refractivity contribution in [2.75, 3.05) is 25.6 Å². The molecule has 0 aromatic carbocycles. The van der Waals surface area contributed by atoms with Crippen LogP contribution in [0.4, 0.5) is 5.82 Å². The van der Waals surface area contributed by atoms with E-state index in [-0.39, 0.29) is 11.8 Å². The van der Waals surface area contributed by atoms with Crippen molar-refractivity contribution in [1.82, 2.24) is 9.55 Å². The van der Waals surface area contributed by atoms with Crippen LogP contribution in [-0.2, 0) is 16.0 Å². The molecule has 1 N–H and O–H groups in total. The molecule has 0 bridgehead atoms. The fourth-order valence-electron chi connectivity index (χ4n) is 1.86. The van der Waals surface area contributed by atoms with Crippen LogP contribution in [0.1, 0.15) is 19.3 Å². The predicted octanol–water partition coefficient (Wildman–Crippen LogP) is 0.828. The van der Waals surface area contributed by atoms with E-state index in [1.54, 1.807) is 7.05 Å². The second-order valence-corrected chi connectivity index (χ2v) is 4.22. The molecular formula is C12H19N3O3. The van der Waals surface area contributed by atoms with Gasteiger partial charge in [-0.05, 0) is 19.3 Å². The summed E-state index contributed by atoms with van der Waals surface area (Å²) in [6, 6.07) is 1.47. The van der Waals surface area contributed by atoms with E-state index >= 15 is 0 Å². The molecule has 2 rings (SSSR count). The summed E-state index contributed by atoms with van der Waals surface area (Å²) in [5, 5.41) is 2.83. The molecule has 1 atom stereocenters. The summed E-state index contributed by atoms with van der Waals surface area (Å²) in [6.45, 7) is 1.73. The first-order valence-corrected chi connectivity index (χ1v) is 6.27. The number of nitrogens with zero attached hydrogens (tertiary/aromatic N) is 2. The van der Waals surface area contributed by atoms with E-state index in [9.17, 15) is 4.79 Å². The van der Waals surface area contributed by atoms with Gasteiger partial charge >= 0.3 is 0 Å². The minimum Gasteiger partial charge on any atom is -0.373 e. The maximum atomic E-state index is 11.7. The lowest BCUT2D eigenvalue weighted by atomic mass is 10.2. The van der Waals surface area contributed by atoms with Gasteiger partial charge in [0, 0.05) is 19.7 Å². The highest BCUT2D eigenvalue weighted by Gasteiger charge is 2.13. The standard InChI is InChI=1S/C12H19N3O3/c1-13-10-8-11(16)15(9-14-10)5-7-18-12-4-2-3-6-17-12/h8-9,12-13H,2-7H2,1H3. The van der Waals surface area contributed by atoms with Gasteiger partial charge in [0.2, 0.25) is 0 Å². The van der Waals surface area contributed by atoms with E-state index < -0.39 is 0 Å². The summed E-state index contributed by atoms with van der Waals surface area (Å²) in [6.07, 6.45) is 4.60. The van der Waals surface area contributed by atoms with Crippen LogP contribution < -0.4 is 10.9 Å². The van der Waals surface area contributed by atoms with Gasteiger partial charge in [-0.25, -0.2) is 4.98 Å². The van der Waals surface area contributed by atoms with Gasteiger partial charge in [0.05, 0.1) is 19.5 Å². The smallest absolute Gasteiger partial charge is 0.255 e. The molecule has 0 saturated carbocycles. The largest absolute Gasteiger partial charge is 0.373 e. The first kappa shape index (κ1) is 13.0. The van der Waals surface area contributed by atoms with E-state index in [1.807, 2.05) is 0 Å². The number of anilines is 1. The number of ether oxygens (including phenoxy) is 2. The number of nitrogens with one attached hydrogen (secondary N) is 1. The third-order valence-electron chi connectivity index (χ3n) is 2.91. The van der Waals surface area contributed by atoms with Gasteiger partial charge in [-0.1, -0.05) is 0 Å². The lowest BCUT2D eigenvalue weighted by molar-refractivity contribution is -0.163. The Morgan fingerprint density at radius 2 is 2.50 bits per heavy atom. The van der Waals surface area contributed by atoms with Crippen molar-refractivity contribution >= 4 is 5.82 Å². The van der Waals surface area contributed by atoms with E-state index in [0.29, 0.717) is 19.0 Å². The molecule has 1 aromatic rings. The fraction of sp³-hybridized carbons (Fsp3) is 0.667. The molecule has 100 valence electrons. The van der Waals surface area contributed by atoms with Crippen LogP contribution in [-0.4, -0.2) is 36.1 Å². The Labute approximate surface area is 106 Å². The van der Waals surface area contributed by atoms with Gasteiger partial charge in [0.25, 0.3) is 5.56 Å². The van der Waals surface area contributed by atoms with Gasteiger partial charge in [-0.3, -0.25) is 9.36 Å². The van der Waals surface area contributed by atoms with Crippen LogP contribution in [0.5, 0.6) is 0 Å². The third kappa shape index (κ3) is 3.54. The molecule has 1 unspecified atom stereocenters. The summed E-state index contributed by atoms with van der Waals surface area (Å²) < 4.78 is 12.6. The zero-order chi connectivity index (χ0) is 12.8. The molecule has 1 saturated heterocycles. The Hall–Kier alpha value is -1.40. The molecule has 0 amide bonds. The molecule has 6 nitrogen and oxygen atoms in total. The maximum Gasteiger partial charge on any atom is 0.255 e. The Bertz CT molecular complexity index is 427. The van der Waals surface area contributed by atoms with Crippen molar-refractivity contribution in [3.05, 3.63) is 22.7 Å². The maximum absolute atomic E-state index is 11.7. The van der Waals surface area contributed by atoms with E-state index in [1.165, 1.54) is 17.0 Å². The van der Waals surface area contributed by atoms with Crippen molar-refractivity contribution < 1.29 is 9.47 Å². The summed E-state index contributed by atoms with van der Waals surface area (Å²) in [7, 11) is 1.73. The Morgan fingerprint density at radius 3 is 3.17 bits per heavy atom. The quantitative estimate of drug-likeness (QED) is 0.842. The molecule has 6 heteroatoms. The average Bonchev–Trinajstić information content (AvgIpc) is 2.42. The van der Waals surface area contributed by atoms with Gasteiger partial charge < -0.3 is 14.8 Å². The highest BCUT2D eigenvalue weighted by atomic mass is 16.7. The molecule has 1 aliphatic heterocycles. The second kappa shape index (κ2) is 6.51. The Morgan fingerprint density at radius 1 is 1.61 bits per heavy atom. The molecule has 1 fully saturated rings. The molecule has 18 heavy (non-hydrogen) atoms.